The number of ether oxygens (including phenoxy) is 1. The summed E-state index contributed by atoms with van der Waals surface area (Å²) < 4.78 is 5.40. The number of nitrogens with two attached hydrogens (primary N) is 1. The molecule has 0 amide bonds. The largest absolute Gasteiger partial charge is 0.495 e. The van der Waals surface area contributed by atoms with Crippen LogP contribution in [0.4, 0.5) is 11.4 Å². The normalized spacial score (nSPS) is 15.1. The molecule has 0 atom stereocenters. The van der Waals surface area contributed by atoms with Gasteiger partial charge in [0.05, 0.1) is 12.8 Å². The zero-order valence-electron chi connectivity index (χ0n) is 11.0. The molecule has 0 aromatic heterocycles. The van der Waals surface area contributed by atoms with Crippen LogP contribution in [0.2, 0.25) is 0 Å². The molecule has 2 aromatic carbocycles. The maximum absolute atomic E-state index is 5.78. The van der Waals surface area contributed by atoms with Gasteiger partial charge in [-0.3, -0.25) is 0 Å². The molecule has 3 heteroatoms. The molecule has 0 unspecified atom stereocenters. The molecule has 2 aromatic rings. The zero-order valence-corrected chi connectivity index (χ0v) is 11.0. The quantitative estimate of drug-likeness (QED) is 0.856. The molecule has 1 fully saturated rings. The average molecular weight is 254 g/mol. The van der Waals surface area contributed by atoms with Crippen molar-refractivity contribution in [2.45, 2.75) is 5.92 Å². The minimum Gasteiger partial charge on any atom is -0.495 e. The van der Waals surface area contributed by atoms with Crippen LogP contribution in [-0.2, 0) is 0 Å². The minimum atomic E-state index is 0.614. The van der Waals surface area contributed by atoms with Gasteiger partial charge in [-0.2, -0.15) is 0 Å². The van der Waals surface area contributed by atoms with Gasteiger partial charge in [-0.25, -0.2) is 0 Å². The van der Waals surface area contributed by atoms with Crippen LogP contribution in [0, 0.1) is 0 Å². The second-order valence-electron chi connectivity index (χ2n) is 4.94. The molecule has 3 nitrogen and oxygen atoms in total. The maximum Gasteiger partial charge on any atom is 0.144 e. The highest BCUT2D eigenvalue weighted by molar-refractivity contribution is 5.65. The number of hydrogen-bond donors (Lipinski definition) is 1. The van der Waals surface area contributed by atoms with E-state index in [1.165, 1.54) is 5.56 Å². The van der Waals surface area contributed by atoms with Gasteiger partial charge < -0.3 is 15.4 Å². The van der Waals surface area contributed by atoms with Crippen LogP contribution in [-0.4, -0.2) is 20.2 Å². The molecule has 1 aliphatic rings. The van der Waals surface area contributed by atoms with E-state index in [1.54, 1.807) is 7.11 Å². The summed E-state index contributed by atoms with van der Waals surface area (Å²) in [6.45, 7) is 2.06. The number of benzene rings is 2. The summed E-state index contributed by atoms with van der Waals surface area (Å²) in [6, 6.07) is 16.5. The van der Waals surface area contributed by atoms with E-state index in [9.17, 15) is 0 Å². The van der Waals surface area contributed by atoms with Gasteiger partial charge in [0.15, 0.2) is 0 Å². The van der Waals surface area contributed by atoms with Crippen LogP contribution in [0.15, 0.2) is 48.5 Å². The lowest BCUT2D eigenvalue weighted by Gasteiger charge is -2.42. The topological polar surface area (TPSA) is 38.5 Å². The Morgan fingerprint density at radius 1 is 1.11 bits per heavy atom. The Morgan fingerprint density at radius 2 is 1.84 bits per heavy atom. The highest BCUT2D eigenvalue weighted by Crippen LogP contribution is 2.37. The van der Waals surface area contributed by atoms with Gasteiger partial charge in [0.2, 0.25) is 0 Å². The Morgan fingerprint density at radius 3 is 2.53 bits per heavy atom. The summed E-state index contributed by atoms with van der Waals surface area (Å²) in [7, 11) is 1.69. The molecule has 19 heavy (non-hydrogen) atoms. The monoisotopic (exact) mass is 254 g/mol. The number of nitrogens with zero attached hydrogens (tertiary/aromatic N) is 1. The third-order valence-corrected chi connectivity index (χ3v) is 3.70. The molecule has 1 saturated heterocycles. The number of nitrogen functional groups attached to an aromatic ring is 1. The van der Waals surface area contributed by atoms with E-state index >= 15 is 0 Å². The van der Waals surface area contributed by atoms with E-state index in [0.29, 0.717) is 5.92 Å². The van der Waals surface area contributed by atoms with Crippen molar-refractivity contribution < 1.29 is 4.74 Å². The summed E-state index contributed by atoms with van der Waals surface area (Å²) in [5.41, 5.74) is 9.06. The summed E-state index contributed by atoms with van der Waals surface area (Å²) in [4.78, 5) is 2.33. The first-order valence-corrected chi connectivity index (χ1v) is 6.51. The van der Waals surface area contributed by atoms with Gasteiger partial charge in [0.1, 0.15) is 5.75 Å². The summed E-state index contributed by atoms with van der Waals surface area (Å²) in [5, 5.41) is 0. The Labute approximate surface area is 113 Å². The highest BCUT2D eigenvalue weighted by Gasteiger charge is 2.29. The molecule has 2 N–H and O–H groups in total. The molecular weight excluding hydrogens is 236 g/mol. The fourth-order valence-corrected chi connectivity index (χ4v) is 2.57. The standard InChI is InChI=1S/C16H18N2O/c1-19-16-9-14(17)7-8-15(16)18-10-13(11-18)12-5-3-2-4-6-12/h2-9,13H,10-11,17H2,1H3. The van der Waals surface area contributed by atoms with Crippen molar-refractivity contribution >= 4 is 11.4 Å². The fraction of sp³-hybridized carbons (Fsp3) is 0.250. The molecule has 0 aliphatic carbocycles. The Kier molecular flexibility index (Phi) is 3.03. The third kappa shape index (κ3) is 2.24. The third-order valence-electron chi connectivity index (χ3n) is 3.70. The molecule has 0 bridgehead atoms. The van der Waals surface area contributed by atoms with Gasteiger partial charge in [-0.15, -0.1) is 0 Å². The molecule has 1 heterocycles. The molecule has 98 valence electrons. The fourth-order valence-electron chi connectivity index (χ4n) is 2.57. The number of rotatable bonds is 3. The van der Waals surface area contributed by atoms with E-state index in [2.05, 4.69) is 35.2 Å². The van der Waals surface area contributed by atoms with Crippen LogP contribution in [0.5, 0.6) is 5.75 Å². The summed E-state index contributed by atoms with van der Waals surface area (Å²) in [6.07, 6.45) is 0. The van der Waals surface area contributed by atoms with Crippen LogP contribution >= 0.6 is 0 Å². The zero-order chi connectivity index (χ0) is 13.2. The SMILES string of the molecule is COc1cc(N)ccc1N1CC(c2ccccc2)C1. The molecule has 0 spiro atoms. The van der Waals surface area contributed by atoms with E-state index in [4.69, 9.17) is 10.5 Å². The van der Waals surface area contributed by atoms with Crippen LogP contribution in [0.25, 0.3) is 0 Å². The van der Waals surface area contributed by atoms with E-state index < -0.39 is 0 Å². The number of hydrogen-bond acceptors (Lipinski definition) is 3. The summed E-state index contributed by atoms with van der Waals surface area (Å²) >= 11 is 0. The van der Waals surface area contributed by atoms with E-state index in [0.717, 1.165) is 30.2 Å². The highest BCUT2D eigenvalue weighted by atomic mass is 16.5. The van der Waals surface area contributed by atoms with Crippen molar-refractivity contribution in [3.63, 3.8) is 0 Å². The number of anilines is 2. The first-order valence-electron chi connectivity index (χ1n) is 6.51. The summed E-state index contributed by atoms with van der Waals surface area (Å²) in [5.74, 6) is 1.47. The lowest BCUT2D eigenvalue weighted by atomic mass is 9.91. The predicted octanol–water partition coefficient (Wildman–Crippen LogP) is 2.88. The van der Waals surface area contributed by atoms with Gasteiger partial charge in [0.25, 0.3) is 0 Å². The smallest absolute Gasteiger partial charge is 0.144 e. The molecule has 3 rings (SSSR count). The second-order valence-corrected chi connectivity index (χ2v) is 4.94. The van der Waals surface area contributed by atoms with Crippen molar-refractivity contribution in [1.82, 2.24) is 0 Å². The Balaban J connectivity index is 1.74. The maximum atomic E-state index is 5.78. The molecular formula is C16H18N2O. The van der Waals surface area contributed by atoms with Crippen LogP contribution < -0.4 is 15.4 Å². The van der Waals surface area contributed by atoms with Crippen LogP contribution in [0.3, 0.4) is 0 Å². The predicted molar refractivity (Wildman–Crippen MR) is 78.8 cm³/mol. The van der Waals surface area contributed by atoms with Crippen molar-refractivity contribution in [1.29, 1.82) is 0 Å². The first-order chi connectivity index (χ1) is 9.28. The van der Waals surface area contributed by atoms with Crippen molar-refractivity contribution in [2.75, 3.05) is 30.8 Å². The van der Waals surface area contributed by atoms with Crippen molar-refractivity contribution in [3.8, 4) is 5.75 Å². The molecule has 0 saturated carbocycles. The minimum absolute atomic E-state index is 0.614. The molecule has 1 aliphatic heterocycles. The van der Waals surface area contributed by atoms with Crippen molar-refractivity contribution in [3.05, 3.63) is 54.1 Å². The van der Waals surface area contributed by atoms with Gasteiger partial charge >= 0.3 is 0 Å². The lowest BCUT2D eigenvalue weighted by molar-refractivity contribution is 0.409. The first kappa shape index (κ1) is 11.9. The van der Waals surface area contributed by atoms with E-state index in [1.807, 2.05) is 18.2 Å². The van der Waals surface area contributed by atoms with Crippen molar-refractivity contribution in [2.24, 2.45) is 0 Å². The number of methoxy groups -OCH3 is 1. The van der Waals surface area contributed by atoms with Gasteiger partial charge in [0, 0.05) is 30.8 Å². The Hall–Kier alpha value is -2.16. The van der Waals surface area contributed by atoms with E-state index in [-0.39, 0.29) is 0 Å². The second kappa shape index (κ2) is 4.84. The molecule has 0 radical (unpaired) electrons. The van der Waals surface area contributed by atoms with Crippen LogP contribution in [0.1, 0.15) is 11.5 Å². The lowest BCUT2D eigenvalue weighted by Crippen LogP contribution is -2.45. The Bertz CT molecular complexity index is 562. The average Bonchev–Trinajstić information content (AvgIpc) is 2.40. The van der Waals surface area contributed by atoms with Gasteiger partial charge in [-0.1, -0.05) is 30.3 Å². The van der Waals surface area contributed by atoms with Gasteiger partial charge in [-0.05, 0) is 17.7 Å².